The zero-order valence-corrected chi connectivity index (χ0v) is 14.0. The van der Waals surface area contributed by atoms with Gasteiger partial charge in [-0.1, -0.05) is 29.7 Å². The third-order valence-electron chi connectivity index (χ3n) is 3.41. The lowest BCUT2D eigenvalue weighted by Crippen LogP contribution is -2.39. The van der Waals surface area contributed by atoms with Gasteiger partial charge in [-0.2, -0.15) is 0 Å². The standard InChI is InChI=1S/C16H19ClFN3O2/c1-4-19-9(2)8-20-16(22)13-10(3)23-21-15(13)14-11(17)6-5-7-12(14)18/h5-7,9,19H,4,8H2,1-3H3,(H,20,22)/t9-/m1/s1. The molecule has 0 aliphatic rings. The second-order valence-electron chi connectivity index (χ2n) is 5.23. The van der Waals surface area contributed by atoms with Gasteiger partial charge in [-0.15, -0.1) is 0 Å². The highest BCUT2D eigenvalue weighted by Crippen LogP contribution is 2.33. The number of hydrogen-bond acceptors (Lipinski definition) is 4. The molecule has 5 nitrogen and oxygen atoms in total. The van der Waals surface area contributed by atoms with Gasteiger partial charge in [0.15, 0.2) is 0 Å². The van der Waals surface area contributed by atoms with Crippen molar-refractivity contribution in [3.8, 4) is 11.3 Å². The fraction of sp³-hybridized carbons (Fsp3) is 0.375. The summed E-state index contributed by atoms with van der Waals surface area (Å²) in [6.07, 6.45) is 0. The number of likely N-dealkylation sites (N-methyl/N-ethyl adjacent to an activating group) is 1. The number of aromatic nitrogens is 1. The van der Waals surface area contributed by atoms with Gasteiger partial charge < -0.3 is 15.2 Å². The van der Waals surface area contributed by atoms with E-state index in [1.165, 1.54) is 12.1 Å². The molecule has 0 bridgehead atoms. The Kier molecular flexibility index (Phi) is 5.74. The first-order valence-electron chi connectivity index (χ1n) is 7.37. The zero-order valence-electron chi connectivity index (χ0n) is 13.2. The molecule has 1 heterocycles. The molecule has 1 atom stereocenters. The molecule has 2 N–H and O–H groups in total. The van der Waals surface area contributed by atoms with Crippen LogP contribution in [0.1, 0.15) is 30.0 Å². The minimum Gasteiger partial charge on any atom is -0.360 e. The lowest BCUT2D eigenvalue weighted by molar-refractivity contribution is 0.0949. The van der Waals surface area contributed by atoms with Gasteiger partial charge in [0.2, 0.25) is 0 Å². The summed E-state index contributed by atoms with van der Waals surface area (Å²) in [5, 5.41) is 9.97. The van der Waals surface area contributed by atoms with E-state index in [0.29, 0.717) is 12.3 Å². The van der Waals surface area contributed by atoms with Crippen molar-refractivity contribution in [3.63, 3.8) is 0 Å². The van der Waals surface area contributed by atoms with Crippen molar-refractivity contribution in [2.45, 2.75) is 26.8 Å². The Morgan fingerprint density at radius 1 is 1.48 bits per heavy atom. The lowest BCUT2D eigenvalue weighted by atomic mass is 10.0. The molecular weight excluding hydrogens is 321 g/mol. The summed E-state index contributed by atoms with van der Waals surface area (Å²) in [7, 11) is 0. The average Bonchev–Trinajstić information content (AvgIpc) is 2.87. The normalized spacial score (nSPS) is 12.2. The Balaban J connectivity index is 2.30. The first-order valence-corrected chi connectivity index (χ1v) is 7.75. The number of nitrogens with one attached hydrogen (secondary N) is 2. The van der Waals surface area contributed by atoms with Gasteiger partial charge in [0, 0.05) is 12.6 Å². The summed E-state index contributed by atoms with van der Waals surface area (Å²) in [6.45, 7) is 6.79. The second-order valence-corrected chi connectivity index (χ2v) is 5.63. The van der Waals surface area contributed by atoms with Crippen LogP contribution >= 0.6 is 11.6 Å². The van der Waals surface area contributed by atoms with Crippen molar-refractivity contribution in [2.75, 3.05) is 13.1 Å². The predicted molar refractivity (Wildman–Crippen MR) is 87.1 cm³/mol. The van der Waals surface area contributed by atoms with Gasteiger partial charge in [0.25, 0.3) is 5.91 Å². The van der Waals surface area contributed by atoms with E-state index >= 15 is 0 Å². The second kappa shape index (κ2) is 7.57. The average molecular weight is 340 g/mol. The van der Waals surface area contributed by atoms with E-state index in [0.717, 1.165) is 6.54 Å². The van der Waals surface area contributed by atoms with E-state index in [1.807, 2.05) is 13.8 Å². The third kappa shape index (κ3) is 3.89. The van der Waals surface area contributed by atoms with Crippen molar-refractivity contribution in [1.29, 1.82) is 0 Å². The quantitative estimate of drug-likeness (QED) is 0.848. The highest BCUT2D eigenvalue weighted by atomic mass is 35.5. The molecule has 7 heteroatoms. The lowest BCUT2D eigenvalue weighted by Gasteiger charge is -2.13. The minimum absolute atomic E-state index is 0.0656. The van der Waals surface area contributed by atoms with Crippen LogP contribution in [0.3, 0.4) is 0 Å². The van der Waals surface area contributed by atoms with Gasteiger partial charge in [-0.25, -0.2) is 4.39 Å². The third-order valence-corrected chi connectivity index (χ3v) is 3.73. The van der Waals surface area contributed by atoms with E-state index in [9.17, 15) is 9.18 Å². The summed E-state index contributed by atoms with van der Waals surface area (Å²) in [6, 6.07) is 4.41. The molecule has 0 saturated heterocycles. The van der Waals surface area contributed by atoms with Crippen molar-refractivity contribution in [2.24, 2.45) is 0 Å². The van der Waals surface area contributed by atoms with Gasteiger partial charge >= 0.3 is 0 Å². The maximum atomic E-state index is 14.1. The molecule has 0 aliphatic heterocycles. The molecule has 1 amide bonds. The van der Waals surface area contributed by atoms with E-state index in [-0.39, 0.29) is 33.8 Å². The zero-order chi connectivity index (χ0) is 17.0. The molecule has 2 aromatic rings. The number of amides is 1. The first-order chi connectivity index (χ1) is 11.0. The number of benzene rings is 1. The molecule has 1 aromatic carbocycles. The van der Waals surface area contributed by atoms with Crippen molar-refractivity contribution < 1.29 is 13.7 Å². The molecule has 2 rings (SSSR count). The van der Waals surface area contributed by atoms with Gasteiger partial charge in [0.05, 0.1) is 10.6 Å². The van der Waals surface area contributed by atoms with Gasteiger partial charge in [-0.05, 0) is 32.5 Å². The Morgan fingerprint density at radius 2 is 2.22 bits per heavy atom. The van der Waals surface area contributed by atoms with Crippen molar-refractivity contribution in [3.05, 3.63) is 40.4 Å². The van der Waals surface area contributed by atoms with Crippen LogP contribution in [-0.4, -0.2) is 30.2 Å². The number of rotatable bonds is 6. The number of hydrogen-bond donors (Lipinski definition) is 2. The van der Waals surface area contributed by atoms with Crippen LogP contribution in [0, 0.1) is 12.7 Å². The SMILES string of the molecule is CCN[C@H](C)CNC(=O)c1c(-c2c(F)cccc2Cl)noc1C. The van der Waals surface area contributed by atoms with Crippen LogP contribution < -0.4 is 10.6 Å². The monoisotopic (exact) mass is 339 g/mol. The minimum atomic E-state index is -0.555. The van der Waals surface area contributed by atoms with Crippen molar-refractivity contribution >= 4 is 17.5 Å². The van der Waals surface area contributed by atoms with Crippen LogP contribution in [0.25, 0.3) is 11.3 Å². The number of nitrogens with zero attached hydrogens (tertiary/aromatic N) is 1. The Hall–Kier alpha value is -1.92. The molecule has 0 saturated carbocycles. The Morgan fingerprint density at radius 3 is 2.87 bits per heavy atom. The molecular formula is C16H19ClFN3O2. The first kappa shape index (κ1) is 17.4. The van der Waals surface area contributed by atoms with Crippen LogP contribution in [-0.2, 0) is 0 Å². The smallest absolute Gasteiger partial charge is 0.257 e. The van der Waals surface area contributed by atoms with Crippen LogP contribution in [0.2, 0.25) is 5.02 Å². The van der Waals surface area contributed by atoms with Crippen LogP contribution in [0.15, 0.2) is 22.7 Å². The highest BCUT2D eigenvalue weighted by Gasteiger charge is 2.25. The summed E-state index contributed by atoms with van der Waals surface area (Å²) in [4.78, 5) is 12.4. The maximum Gasteiger partial charge on any atom is 0.257 e. The maximum absolute atomic E-state index is 14.1. The molecule has 1 aromatic heterocycles. The van der Waals surface area contributed by atoms with Crippen LogP contribution in [0.4, 0.5) is 4.39 Å². The van der Waals surface area contributed by atoms with Gasteiger partial charge in [-0.3, -0.25) is 4.79 Å². The topological polar surface area (TPSA) is 67.2 Å². The molecule has 0 fully saturated rings. The molecule has 0 spiro atoms. The highest BCUT2D eigenvalue weighted by molar-refractivity contribution is 6.33. The largest absolute Gasteiger partial charge is 0.360 e. The fourth-order valence-electron chi connectivity index (χ4n) is 2.29. The number of carbonyl (C=O) groups excluding carboxylic acids is 1. The molecule has 124 valence electrons. The van der Waals surface area contributed by atoms with E-state index in [2.05, 4.69) is 15.8 Å². The molecule has 0 unspecified atom stereocenters. The molecule has 0 aliphatic carbocycles. The summed E-state index contributed by atoms with van der Waals surface area (Å²) < 4.78 is 19.2. The summed E-state index contributed by atoms with van der Waals surface area (Å²) in [5.41, 5.74) is 0.371. The summed E-state index contributed by atoms with van der Waals surface area (Å²) in [5.74, 6) is -0.614. The van der Waals surface area contributed by atoms with E-state index < -0.39 is 5.82 Å². The Labute approximate surface area is 139 Å². The van der Waals surface area contributed by atoms with E-state index in [1.54, 1.807) is 13.0 Å². The van der Waals surface area contributed by atoms with Gasteiger partial charge in [0.1, 0.15) is 22.8 Å². The van der Waals surface area contributed by atoms with Crippen molar-refractivity contribution in [1.82, 2.24) is 15.8 Å². The summed E-state index contributed by atoms with van der Waals surface area (Å²) >= 11 is 6.06. The number of carbonyl (C=O) groups is 1. The number of halogens is 2. The Bertz CT molecular complexity index is 682. The van der Waals surface area contributed by atoms with E-state index in [4.69, 9.17) is 16.1 Å². The predicted octanol–water partition coefficient (Wildman–Crippen LogP) is 3.17. The molecule has 23 heavy (non-hydrogen) atoms. The van der Waals surface area contributed by atoms with Crippen LogP contribution in [0.5, 0.6) is 0 Å². The molecule has 0 radical (unpaired) electrons. The fourth-order valence-corrected chi connectivity index (χ4v) is 2.54. The number of aryl methyl sites for hydroxylation is 1.